The van der Waals surface area contributed by atoms with E-state index in [0.29, 0.717) is 17.5 Å². The molecule has 252 valence electrons. The first kappa shape index (κ1) is 30.6. The number of aromatic nitrogens is 4. The number of hydrogen-bond acceptors (Lipinski definition) is 6. The molecule has 11 rings (SSSR count). The quantitative estimate of drug-likeness (QED) is 0.178. The van der Waals surface area contributed by atoms with Gasteiger partial charge in [0.05, 0.1) is 16.8 Å². The third-order valence-electron chi connectivity index (χ3n) is 10.1. The van der Waals surface area contributed by atoms with Crippen molar-refractivity contribution in [3.63, 3.8) is 0 Å². The predicted molar refractivity (Wildman–Crippen MR) is 222 cm³/mol. The van der Waals surface area contributed by atoms with Gasteiger partial charge in [0.1, 0.15) is 11.2 Å². The fourth-order valence-electron chi connectivity index (χ4n) is 7.52. The van der Waals surface area contributed by atoms with E-state index in [1.807, 2.05) is 72.0 Å². The third kappa shape index (κ3) is 4.99. The molecule has 0 unspecified atom stereocenters. The number of nitrogens with zero attached hydrogens (tertiary/aromatic N) is 4. The van der Waals surface area contributed by atoms with Crippen molar-refractivity contribution in [3.8, 4) is 56.5 Å². The van der Waals surface area contributed by atoms with Crippen molar-refractivity contribution in [2.45, 2.75) is 0 Å². The molecule has 0 saturated heterocycles. The topological polar surface area (TPSA) is 64.7 Å². The van der Waals surface area contributed by atoms with Gasteiger partial charge in [-0.05, 0) is 41.5 Å². The largest absolute Gasteiger partial charge is 0.455 e. The van der Waals surface area contributed by atoms with Crippen LogP contribution < -0.4 is 0 Å². The number of hydrogen-bond donors (Lipinski definition) is 0. The van der Waals surface area contributed by atoms with Crippen molar-refractivity contribution in [1.82, 2.24) is 19.9 Å². The average Bonchev–Trinajstić information content (AvgIpc) is 3.83. The molecule has 0 saturated carbocycles. The number of furan rings is 1. The molecule has 0 N–H and O–H groups in total. The van der Waals surface area contributed by atoms with Crippen molar-refractivity contribution in [2.75, 3.05) is 0 Å². The van der Waals surface area contributed by atoms with E-state index in [1.165, 1.54) is 25.6 Å². The van der Waals surface area contributed by atoms with Crippen LogP contribution in [-0.2, 0) is 0 Å². The summed E-state index contributed by atoms with van der Waals surface area (Å²) in [4.78, 5) is 20.3. The van der Waals surface area contributed by atoms with Crippen molar-refractivity contribution in [1.29, 1.82) is 0 Å². The molecule has 0 radical (unpaired) electrons. The van der Waals surface area contributed by atoms with Gasteiger partial charge in [-0.15, -0.1) is 11.3 Å². The number of para-hydroxylation sites is 3. The molecular formula is C48H28N4OS. The van der Waals surface area contributed by atoms with Crippen LogP contribution >= 0.6 is 11.3 Å². The SMILES string of the molecule is c1ccc(-c2nc(-c3ccc(-c4ccc5sc6c7ccccc7nc(-c7ccccc7)c6c5c4)cc3)nc(-c3cccc4c3oc3ccccc34)n2)cc1. The Hall–Kier alpha value is -7.02. The van der Waals surface area contributed by atoms with Crippen molar-refractivity contribution < 1.29 is 4.42 Å². The van der Waals surface area contributed by atoms with Crippen molar-refractivity contribution in [3.05, 3.63) is 170 Å². The van der Waals surface area contributed by atoms with Gasteiger partial charge < -0.3 is 4.42 Å². The highest BCUT2D eigenvalue weighted by Gasteiger charge is 2.19. The second-order valence-electron chi connectivity index (χ2n) is 13.4. The van der Waals surface area contributed by atoms with Gasteiger partial charge in [0.2, 0.25) is 0 Å². The molecule has 4 aromatic heterocycles. The van der Waals surface area contributed by atoms with Gasteiger partial charge in [0.15, 0.2) is 17.5 Å². The minimum atomic E-state index is 0.567. The van der Waals surface area contributed by atoms with Crippen molar-refractivity contribution in [2.24, 2.45) is 0 Å². The second-order valence-corrected chi connectivity index (χ2v) is 14.4. The van der Waals surface area contributed by atoms with Crippen LogP contribution in [0.5, 0.6) is 0 Å². The Morgan fingerprint density at radius 3 is 1.81 bits per heavy atom. The number of pyridine rings is 1. The zero-order valence-electron chi connectivity index (χ0n) is 28.8. The number of fused-ring (bicyclic) bond motifs is 8. The van der Waals surface area contributed by atoms with Crippen LogP contribution in [0.4, 0.5) is 0 Å². The summed E-state index contributed by atoms with van der Waals surface area (Å²) in [6, 6.07) is 58.5. The highest BCUT2D eigenvalue weighted by atomic mass is 32.1. The molecule has 0 aliphatic heterocycles. The molecule has 0 aliphatic carbocycles. The van der Waals surface area contributed by atoms with Crippen LogP contribution in [0.25, 0.3) is 110 Å². The summed E-state index contributed by atoms with van der Waals surface area (Å²) in [5.41, 5.74) is 9.64. The molecule has 0 amide bonds. The predicted octanol–water partition coefficient (Wildman–Crippen LogP) is 13.0. The van der Waals surface area contributed by atoms with Crippen LogP contribution in [0.1, 0.15) is 0 Å². The number of rotatable bonds is 5. The molecule has 7 aromatic carbocycles. The Morgan fingerprint density at radius 1 is 0.407 bits per heavy atom. The van der Waals surface area contributed by atoms with Crippen LogP contribution in [-0.4, -0.2) is 19.9 Å². The lowest BCUT2D eigenvalue weighted by Crippen LogP contribution is -2.00. The first-order valence-corrected chi connectivity index (χ1v) is 18.7. The Kier molecular flexibility index (Phi) is 6.97. The Labute approximate surface area is 313 Å². The molecule has 0 atom stereocenters. The summed E-state index contributed by atoms with van der Waals surface area (Å²) >= 11 is 1.83. The molecule has 0 fully saturated rings. The smallest absolute Gasteiger partial charge is 0.167 e. The summed E-state index contributed by atoms with van der Waals surface area (Å²) in [6.07, 6.45) is 0. The lowest BCUT2D eigenvalue weighted by Gasteiger charge is -2.10. The van der Waals surface area contributed by atoms with E-state index in [9.17, 15) is 0 Å². The third-order valence-corrected chi connectivity index (χ3v) is 11.3. The first-order chi connectivity index (χ1) is 26.7. The zero-order chi connectivity index (χ0) is 35.6. The van der Waals surface area contributed by atoms with E-state index in [-0.39, 0.29) is 0 Å². The Balaban J connectivity index is 1.04. The van der Waals surface area contributed by atoms with Gasteiger partial charge in [-0.3, -0.25) is 0 Å². The highest BCUT2D eigenvalue weighted by molar-refractivity contribution is 7.26. The normalized spacial score (nSPS) is 11.7. The molecule has 54 heavy (non-hydrogen) atoms. The maximum Gasteiger partial charge on any atom is 0.167 e. The minimum Gasteiger partial charge on any atom is -0.455 e. The van der Waals surface area contributed by atoms with Crippen LogP contribution in [0.3, 0.4) is 0 Å². The molecule has 0 aliphatic rings. The maximum atomic E-state index is 6.40. The number of benzene rings is 7. The molecule has 0 spiro atoms. The monoisotopic (exact) mass is 708 g/mol. The first-order valence-electron chi connectivity index (χ1n) is 17.9. The zero-order valence-corrected chi connectivity index (χ0v) is 29.6. The van der Waals surface area contributed by atoms with Gasteiger partial charge in [-0.25, -0.2) is 19.9 Å². The van der Waals surface area contributed by atoms with Gasteiger partial charge in [-0.2, -0.15) is 0 Å². The van der Waals surface area contributed by atoms with Gasteiger partial charge in [-0.1, -0.05) is 140 Å². The summed E-state index contributed by atoms with van der Waals surface area (Å²) in [5, 5.41) is 5.69. The Bertz CT molecular complexity index is 3210. The molecule has 6 heteroatoms. The molecule has 5 nitrogen and oxygen atoms in total. The van der Waals surface area contributed by atoms with Gasteiger partial charge in [0, 0.05) is 53.0 Å². The van der Waals surface area contributed by atoms with Gasteiger partial charge in [0.25, 0.3) is 0 Å². The average molecular weight is 709 g/mol. The van der Waals surface area contributed by atoms with E-state index < -0.39 is 0 Å². The minimum absolute atomic E-state index is 0.567. The summed E-state index contributed by atoms with van der Waals surface area (Å²) in [5.74, 6) is 1.78. The second kappa shape index (κ2) is 12.3. The molecular weight excluding hydrogens is 681 g/mol. The van der Waals surface area contributed by atoms with E-state index in [2.05, 4.69) is 109 Å². The lowest BCUT2D eigenvalue weighted by atomic mass is 9.99. The summed E-state index contributed by atoms with van der Waals surface area (Å²) in [6.45, 7) is 0. The van der Waals surface area contributed by atoms with Crippen LogP contribution in [0.2, 0.25) is 0 Å². The van der Waals surface area contributed by atoms with Gasteiger partial charge >= 0.3 is 0 Å². The Morgan fingerprint density at radius 2 is 1.02 bits per heavy atom. The lowest BCUT2D eigenvalue weighted by molar-refractivity contribution is 0.669. The number of thiophene rings is 1. The summed E-state index contributed by atoms with van der Waals surface area (Å²) in [7, 11) is 0. The fraction of sp³-hybridized carbons (Fsp3) is 0. The summed E-state index contributed by atoms with van der Waals surface area (Å²) < 4.78 is 8.90. The van der Waals surface area contributed by atoms with E-state index in [4.69, 9.17) is 24.4 Å². The molecule has 0 bridgehead atoms. The van der Waals surface area contributed by atoms with E-state index in [1.54, 1.807) is 0 Å². The highest BCUT2D eigenvalue weighted by Crippen LogP contribution is 2.44. The van der Waals surface area contributed by atoms with Crippen LogP contribution in [0.15, 0.2) is 174 Å². The standard InChI is InChI=1S/C48H28N4OS/c1-3-12-30(13-4-1)43-42-38-28-33(26-27-41(38)54-45(42)36-17-7-9-20-39(36)49-43)29-22-24-32(25-23-29)47-50-46(31-14-5-2-6-15-31)51-48(52-47)37-19-11-18-35-34-16-8-10-21-40(34)53-44(35)37/h1-28H. The van der Waals surface area contributed by atoms with E-state index in [0.717, 1.165) is 66.5 Å². The van der Waals surface area contributed by atoms with Crippen LogP contribution in [0, 0.1) is 0 Å². The van der Waals surface area contributed by atoms with Crippen molar-refractivity contribution >= 4 is 64.4 Å². The fourth-order valence-corrected chi connectivity index (χ4v) is 8.74. The van der Waals surface area contributed by atoms with E-state index >= 15 is 0 Å². The maximum absolute atomic E-state index is 6.40. The molecule has 11 aromatic rings. The molecule has 4 heterocycles.